The van der Waals surface area contributed by atoms with Crippen LogP contribution in [0.3, 0.4) is 0 Å². The Kier molecular flexibility index (Phi) is 10.6. The van der Waals surface area contributed by atoms with Gasteiger partial charge in [0.25, 0.3) is 5.91 Å². The summed E-state index contributed by atoms with van der Waals surface area (Å²) in [7, 11) is 0. The number of unbranched alkanes of at least 4 members (excludes halogenated alkanes) is 2. The zero-order chi connectivity index (χ0) is 23.5. The molecule has 1 amide bonds. The summed E-state index contributed by atoms with van der Waals surface area (Å²) in [6, 6.07) is 9.50. The Hall–Kier alpha value is -2.48. The average molecular weight is 483 g/mol. The van der Waals surface area contributed by atoms with Crippen molar-refractivity contribution in [2.24, 2.45) is 5.73 Å². The summed E-state index contributed by atoms with van der Waals surface area (Å²) < 4.78 is 10.7. The molecule has 0 saturated heterocycles. The molecule has 1 atom stereocenters. The largest absolute Gasteiger partial charge is 0.505 e. The summed E-state index contributed by atoms with van der Waals surface area (Å²) in [5, 5.41) is 13.0. The fourth-order valence-electron chi connectivity index (χ4n) is 3.02. The van der Waals surface area contributed by atoms with Crippen LogP contribution in [0, 0.1) is 0 Å². The Balaban J connectivity index is 2.17. The van der Waals surface area contributed by atoms with Gasteiger partial charge in [0.1, 0.15) is 11.1 Å². The lowest BCUT2D eigenvalue weighted by Gasteiger charge is -2.19. The van der Waals surface area contributed by atoms with Crippen molar-refractivity contribution < 1.29 is 24.2 Å². The Labute approximate surface area is 197 Å². The normalized spacial score (nSPS) is 11.6. The minimum Gasteiger partial charge on any atom is -0.505 e. The molecule has 0 spiro atoms. The number of esters is 1. The number of aromatic hydroxyl groups is 1. The lowest BCUT2D eigenvalue weighted by atomic mass is 10.1. The average Bonchev–Trinajstić information content (AvgIpc) is 2.78. The minimum absolute atomic E-state index is 0.0764. The molecule has 1 unspecified atom stereocenters. The zero-order valence-electron chi connectivity index (χ0n) is 17.9. The number of nitrogens with one attached hydrogen (secondary N) is 1. The number of carbonyl (C=O) groups is 2. The second-order valence-electron chi connectivity index (χ2n) is 7.06. The zero-order valence-corrected chi connectivity index (χ0v) is 19.4. The molecule has 4 N–H and O–H groups in total. The van der Waals surface area contributed by atoms with Crippen LogP contribution in [-0.2, 0) is 16.0 Å². The summed E-state index contributed by atoms with van der Waals surface area (Å²) >= 11 is 12.5. The number of hydrogen-bond donors (Lipinski definition) is 3. The van der Waals surface area contributed by atoms with Crippen LogP contribution in [0.4, 0.5) is 0 Å². The van der Waals surface area contributed by atoms with E-state index in [4.69, 9.17) is 38.4 Å². The Morgan fingerprint density at radius 2 is 1.88 bits per heavy atom. The van der Waals surface area contributed by atoms with E-state index in [0.717, 1.165) is 24.8 Å². The third-order valence-corrected chi connectivity index (χ3v) is 5.28. The second kappa shape index (κ2) is 13.2. The number of nitrogens with two attached hydrogens (primary N) is 1. The number of rotatable bonds is 12. The molecule has 0 aliphatic heterocycles. The molecule has 174 valence electrons. The number of phenols is 1. The van der Waals surface area contributed by atoms with E-state index < -0.39 is 23.7 Å². The fraction of sp³-hybridized carbons (Fsp3) is 0.391. The van der Waals surface area contributed by atoms with E-state index in [-0.39, 0.29) is 34.4 Å². The number of ether oxygens (including phenoxy) is 2. The number of amides is 1. The van der Waals surface area contributed by atoms with Gasteiger partial charge in [0, 0.05) is 6.42 Å². The maximum atomic E-state index is 12.9. The maximum absolute atomic E-state index is 12.9. The first-order valence-electron chi connectivity index (χ1n) is 10.4. The highest BCUT2D eigenvalue weighted by Gasteiger charge is 2.27. The molecule has 9 heteroatoms. The smallest absolute Gasteiger partial charge is 0.328 e. The number of hydrogen-bond acceptors (Lipinski definition) is 6. The van der Waals surface area contributed by atoms with E-state index in [1.807, 2.05) is 30.3 Å². The van der Waals surface area contributed by atoms with E-state index in [1.54, 1.807) is 6.92 Å². The summed E-state index contributed by atoms with van der Waals surface area (Å²) in [6.45, 7) is 2.79. The van der Waals surface area contributed by atoms with Crippen molar-refractivity contribution in [2.75, 3.05) is 19.8 Å². The summed E-state index contributed by atoms with van der Waals surface area (Å²) in [5.41, 5.74) is 6.13. The van der Waals surface area contributed by atoms with Crippen LogP contribution < -0.4 is 15.8 Å². The van der Waals surface area contributed by atoms with Gasteiger partial charge in [-0.2, -0.15) is 0 Å². The third-order valence-electron chi connectivity index (χ3n) is 4.65. The number of phenolic OH excluding ortho intramolecular Hbond substituents is 1. The van der Waals surface area contributed by atoms with Crippen LogP contribution in [0.1, 0.15) is 42.1 Å². The first-order chi connectivity index (χ1) is 15.4. The lowest BCUT2D eigenvalue weighted by Crippen LogP contribution is -2.43. The van der Waals surface area contributed by atoms with Gasteiger partial charge in [-0.15, -0.1) is 0 Å². The van der Waals surface area contributed by atoms with Crippen molar-refractivity contribution >= 4 is 35.1 Å². The maximum Gasteiger partial charge on any atom is 0.328 e. The van der Waals surface area contributed by atoms with E-state index in [9.17, 15) is 14.7 Å². The molecule has 0 aliphatic rings. The molecule has 0 bridgehead atoms. The third kappa shape index (κ3) is 7.29. The van der Waals surface area contributed by atoms with Gasteiger partial charge in [-0.1, -0.05) is 53.5 Å². The van der Waals surface area contributed by atoms with Crippen molar-refractivity contribution in [3.05, 3.63) is 57.6 Å². The molecule has 0 radical (unpaired) electrons. The van der Waals surface area contributed by atoms with Crippen LogP contribution >= 0.6 is 23.2 Å². The summed E-state index contributed by atoms with van der Waals surface area (Å²) in [6.07, 6.45) is 2.72. The van der Waals surface area contributed by atoms with Gasteiger partial charge in [0.15, 0.2) is 11.5 Å². The predicted molar refractivity (Wildman–Crippen MR) is 125 cm³/mol. The molecule has 2 aromatic rings. The van der Waals surface area contributed by atoms with Crippen molar-refractivity contribution in [3.63, 3.8) is 0 Å². The minimum atomic E-state index is -0.958. The van der Waals surface area contributed by atoms with Gasteiger partial charge >= 0.3 is 5.97 Å². The molecule has 7 nitrogen and oxygen atoms in total. The van der Waals surface area contributed by atoms with Crippen LogP contribution in [0.2, 0.25) is 10.0 Å². The lowest BCUT2D eigenvalue weighted by molar-refractivity contribution is -0.145. The highest BCUT2D eigenvalue weighted by atomic mass is 35.5. The van der Waals surface area contributed by atoms with Gasteiger partial charge in [-0.3, -0.25) is 4.79 Å². The fourth-order valence-corrected chi connectivity index (χ4v) is 3.58. The standard InChI is InChI=1S/C23H28Cl2N2O5/c1-2-31-23(30)18(13-15-9-5-3-6-10-15)27-22(29)16-14-17(24)21(19(25)20(16)28)32-12-8-4-7-11-26/h3,5-6,9-10,14,18,28H,2,4,7-8,11-13,26H2,1H3,(H,27,29). The van der Waals surface area contributed by atoms with Gasteiger partial charge < -0.3 is 25.6 Å². The van der Waals surface area contributed by atoms with Crippen LogP contribution in [0.5, 0.6) is 11.5 Å². The summed E-state index contributed by atoms with van der Waals surface area (Å²) in [5.74, 6) is -1.68. The molecular weight excluding hydrogens is 455 g/mol. The molecule has 0 heterocycles. The van der Waals surface area contributed by atoms with Gasteiger partial charge in [0.2, 0.25) is 0 Å². The van der Waals surface area contributed by atoms with Crippen LogP contribution in [0.15, 0.2) is 36.4 Å². The first-order valence-corrected chi connectivity index (χ1v) is 11.2. The quantitative estimate of drug-likeness (QED) is 0.310. The summed E-state index contributed by atoms with van der Waals surface area (Å²) in [4.78, 5) is 25.3. The van der Waals surface area contributed by atoms with Crippen molar-refractivity contribution in [1.29, 1.82) is 0 Å². The Morgan fingerprint density at radius 1 is 1.16 bits per heavy atom. The van der Waals surface area contributed by atoms with E-state index >= 15 is 0 Å². The molecule has 2 rings (SSSR count). The predicted octanol–water partition coefficient (Wildman–Crippen LogP) is 4.11. The second-order valence-corrected chi connectivity index (χ2v) is 7.85. The van der Waals surface area contributed by atoms with E-state index in [1.165, 1.54) is 6.07 Å². The first kappa shape index (κ1) is 25.8. The van der Waals surface area contributed by atoms with Crippen molar-refractivity contribution in [3.8, 4) is 11.5 Å². The Bertz CT molecular complexity index is 909. The molecule has 2 aromatic carbocycles. The topological polar surface area (TPSA) is 111 Å². The number of benzene rings is 2. The van der Waals surface area contributed by atoms with E-state index in [2.05, 4.69) is 5.32 Å². The number of carbonyl (C=O) groups excluding carboxylic acids is 2. The molecule has 0 aliphatic carbocycles. The van der Waals surface area contributed by atoms with Gasteiger partial charge in [-0.05, 0) is 44.4 Å². The molecular formula is C23H28Cl2N2O5. The number of halogens is 2. The molecule has 0 saturated carbocycles. The highest BCUT2D eigenvalue weighted by molar-refractivity contribution is 6.39. The van der Waals surface area contributed by atoms with Crippen LogP contribution in [-0.4, -0.2) is 42.8 Å². The highest BCUT2D eigenvalue weighted by Crippen LogP contribution is 2.42. The Morgan fingerprint density at radius 3 is 2.53 bits per heavy atom. The van der Waals surface area contributed by atoms with Crippen molar-refractivity contribution in [2.45, 2.75) is 38.6 Å². The monoisotopic (exact) mass is 482 g/mol. The molecule has 0 fully saturated rings. The van der Waals surface area contributed by atoms with Gasteiger partial charge in [0.05, 0.1) is 23.8 Å². The van der Waals surface area contributed by atoms with E-state index in [0.29, 0.717) is 13.2 Å². The molecule has 0 aromatic heterocycles. The van der Waals surface area contributed by atoms with Crippen molar-refractivity contribution in [1.82, 2.24) is 5.32 Å². The molecule has 32 heavy (non-hydrogen) atoms. The van der Waals surface area contributed by atoms with Crippen LogP contribution in [0.25, 0.3) is 0 Å². The SMILES string of the molecule is CCOC(=O)C(Cc1ccccc1)NC(=O)c1cc(Cl)c(OCCCCCN)c(Cl)c1O. The van der Waals surface area contributed by atoms with Gasteiger partial charge in [-0.25, -0.2) is 4.79 Å².